The van der Waals surface area contributed by atoms with Gasteiger partial charge in [0.05, 0.1) is 0 Å². The van der Waals surface area contributed by atoms with Crippen LogP contribution in [0.15, 0.2) is 18.3 Å². The maximum Gasteiger partial charge on any atom is 0.267 e. The summed E-state index contributed by atoms with van der Waals surface area (Å²) in [4.78, 5) is 15.0. The van der Waals surface area contributed by atoms with Crippen molar-refractivity contribution in [1.29, 1.82) is 0 Å². The molecule has 1 unspecified atom stereocenters. The van der Waals surface area contributed by atoms with Crippen molar-refractivity contribution in [3.63, 3.8) is 0 Å². The van der Waals surface area contributed by atoms with E-state index in [1.807, 2.05) is 6.07 Å². The molecule has 0 saturated carbocycles. The second-order valence-electron chi connectivity index (χ2n) is 4.57. The number of hydrogen-bond acceptors (Lipinski definition) is 3. The van der Waals surface area contributed by atoms with E-state index in [1.54, 1.807) is 12.3 Å². The van der Waals surface area contributed by atoms with E-state index in [4.69, 9.17) is 5.73 Å². The first-order valence-corrected chi connectivity index (χ1v) is 6.69. The van der Waals surface area contributed by atoms with Crippen LogP contribution >= 0.6 is 0 Å². The van der Waals surface area contributed by atoms with E-state index in [0.29, 0.717) is 11.7 Å². The number of nitrogens with one attached hydrogen (secondary N) is 1. The minimum atomic E-state index is -0.487. The highest BCUT2D eigenvalue weighted by atomic mass is 16.1. The van der Waals surface area contributed by atoms with Crippen LogP contribution in [-0.2, 0) is 0 Å². The average Bonchev–Trinajstić information content (AvgIpc) is 2.36. The van der Waals surface area contributed by atoms with Gasteiger partial charge in [0.1, 0.15) is 5.69 Å². The highest BCUT2D eigenvalue weighted by molar-refractivity contribution is 5.91. The van der Waals surface area contributed by atoms with Crippen molar-refractivity contribution in [1.82, 2.24) is 4.98 Å². The molecule has 3 N–H and O–H groups in total. The molecule has 1 rings (SSSR count). The molecule has 1 aromatic heterocycles. The molecule has 0 aromatic carbocycles. The highest BCUT2D eigenvalue weighted by Gasteiger charge is 2.08. The Labute approximate surface area is 109 Å². The Kier molecular flexibility index (Phi) is 6.19. The Hall–Kier alpha value is -1.58. The molecular formula is C14H23N3O. The zero-order valence-electron chi connectivity index (χ0n) is 11.3. The van der Waals surface area contributed by atoms with Crippen LogP contribution in [0.3, 0.4) is 0 Å². The second-order valence-corrected chi connectivity index (χ2v) is 4.57. The lowest BCUT2D eigenvalue weighted by Gasteiger charge is -2.19. The van der Waals surface area contributed by atoms with Crippen LogP contribution in [-0.4, -0.2) is 16.9 Å². The monoisotopic (exact) mass is 249 g/mol. The molecule has 0 radical (unpaired) electrons. The molecule has 0 saturated heterocycles. The molecule has 4 nitrogen and oxygen atoms in total. The Morgan fingerprint density at radius 3 is 2.78 bits per heavy atom. The number of primary amides is 1. The van der Waals surface area contributed by atoms with Crippen molar-refractivity contribution in [2.45, 2.75) is 52.0 Å². The van der Waals surface area contributed by atoms with Gasteiger partial charge in [-0.3, -0.25) is 9.78 Å². The molecular weight excluding hydrogens is 226 g/mol. The van der Waals surface area contributed by atoms with Gasteiger partial charge in [-0.1, -0.05) is 33.1 Å². The predicted octanol–water partition coefficient (Wildman–Crippen LogP) is 2.95. The summed E-state index contributed by atoms with van der Waals surface area (Å²) in [6, 6.07) is 4.05. The third-order valence-corrected chi connectivity index (χ3v) is 2.93. The largest absolute Gasteiger partial charge is 0.382 e. The summed E-state index contributed by atoms with van der Waals surface area (Å²) in [5, 5.41) is 3.46. The minimum absolute atomic E-state index is 0.311. The first-order valence-electron chi connectivity index (χ1n) is 6.69. The number of anilines is 1. The Balaban J connectivity index is 2.67. The number of nitrogens with zero attached hydrogens (tertiary/aromatic N) is 1. The molecule has 1 aromatic rings. The number of unbranched alkanes of at least 4 members (excludes halogenated alkanes) is 1. The summed E-state index contributed by atoms with van der Waals surface area (Å²) >= 11 is 0. The Morgan fingerprint density at radius 2 is 2.17 bits per heavy atom. The summed E-state index contributed by atoms with van der Waals surface area (Å²) in [6.45, 7) is 4.38. The van der Waals surface area contributed by atoms with Gasteiger partial charge in [-0.2, -0.15) is 0 Å². The molecule has 0 bridgehead atoms. The summed E-state index contributed by atoms with van der Waals surface area (Å²) in [5.41, 5.74) is 6.46. The van der Waals surface area contributed by atoms with Crippen molar-refractivity contribution in [3.8, 4) is 0 Å². The van der Waals surface area contributed by atoms with Crippen LogP contribution in [0.4, 0.5) is 5.69 Å². The average molecular weight is 249 g/mol. The maximum absolute atomic E-state index is 11.1. The lowest BCUT2D eigenvalue weighted by atomic mass is 10.0. The van der Waals surface area contributed by atoms with Gasteiger partial charge in [-0.05, 0) is 25.0 Å². The molecule has 18 heavy (non-hydrogen) atoms. The lowest BCUT2D eigenvalue weighted by Crippen LogP contribution is -2.20. The number of carbonyl (C=O) groups is 1. The van der Waals surface area contributed by atoms with Crippen LogP contribution in [0.5, 0.6) is 0 Å². The van der Waals surface area contributed by atoms with Gasteiger partial charge in [-0.25, -0.2) is 0 Å². The zero-order chi connectivity index (χ0) is 13.4. The summed E-state index contributed by atoms with van der Waals surface area (Å²) < 4.78 is 0. The standard InChI is InChI=1S/C14H23N3O/c1-3-5-7-11(6-4-2)17-12-8-9-16-13(10-12)14(15)18/h8-11H,3-7H2,1-2H3,(H2,15,18)(H,16,17). The molecule has 1 atom stereocenters. The zero-order valence-corrected chi connectivity index (χ0v) is 11.3. The van der Waals surface area contributed by atoms with Crippen LogP contribution in [0, 0.1) is 0 Å². The van der Waals surface area contributed by atoms with Gasteiger partial charge in [0.15, 0.2) is 0 Å². The molecule has 4 heteroatoms. The van der Waals surface area contributed by atoms with Crippen LogP contribution in [0.2, 0.25) is 0 Å². The van der Waals surface area contributed by atoms with Gasteiger partial charge < -0.3 is 11.1 Å². The summed E-state index contributed by atoms with van der Waals surface area (Å²) in [7, 11) is 0. The predicted molar refractivity (Wildman–Crippen MR) is 74.6 cm³/mol. The number of carbonyl (C=O) groups excluding carboxylic acids is 1. The van der Waals surface area contributed by atoms with E-state index in [-0.39, 0.29) is 0 Å². The molecule has 0 fully saturated rings. The molecule has 0 spiro atoms. The Morgan fingerprint density at radius 1 is 1.39 bits per heavy atom. The number of hydrogen-bond donors (Lipinski definition) is 2. The van der Waals surface area contributed by atoms with Crippen molar-refractivity contribution >= 4 is 11.6 Å². The number of rotatable bonds is 8. The van der Waals surface area contributed by atoms with Crippen molar-refractivity contribution in [2.75, 3.05) is 5.32 Å². The van der Waals surface area contributed by atoms with E-state index in [1.165, 1.54) is 12.8 Å². The fourth-order valence-corrected chi connectivity index (χ4v) is 1.98. The van der Waals surface area contributed by atoms with Gasteiger partial charge in [0.2, 0.25) is 0 Å². The van der Waals surface area contributed by atoms with E-state index < -0.39 is 5.91 Å². The van der Waals surface area contributed by atoms with Gasteiger partial charge in [0, 0.05) is 17.9 Å². The van der Waals surface area contributed by atoms with Crippen LogP contribution in [0.25, 0.3) is 0 Å². The first-order chi connectivity index (χ1) is 8.67. The molecule has 1 amide bonds. The van der Waals surface area contributed by atoms with Gasteiger partial charge in [0.25, 0.3) is 5.91 Å². The molecule has 0 aliphatic rings. The molecule has 100 valence electrons. The first kappa shape index (κ1) is 14.5. The fourth-order valence-electron chi connectivity index (χ4n) is 1.98. The second kappa shape index (κ2) is 7.69. The van der Waals surface area contributed by atoms with E-state index in [9.17, 15) is 4.79 Å². The van der Waals surface area contributed by atoms with Crippen molar-refractivity contribution < 1.29 is 4.79 Å². The smallest absolute Gasteiger partial charge is 0.267 e. The van der Waals surface area contributed by atoms with E-state index >= 15 is 0 Å². The molecule has 0 aliphatic carbocycles. The third-order valence-electron chi connectivity index (χ3n) is 2.93. The van der Waals surface area contributed by atoms with E-state index in [2.05, 4.69) is 24.1 Å². The lowest BCUT2D eigenvalue weighted by molar-refractivity contribution is 0.0995. The highest BCUT2D eigenvalue weighted by Crippen LogP contribution is 2.15. The van der Waals surface area contributed by atoms with Crippen LogP contribution in [0.1, 0.15) is 56.4 Å². The number of pyridine rings is 1. The number of nitrogens with two attached hydrogens (primary N) is 1. The van der Waals surface area contributed by atoms with Gasteiger partial charge in [-0.15, -0.1) is 0 Å². The quantitative estimate of drug-likeness (QED) is 0.744. The van der Waals surface area contributed by atoms with Gasteiger partial charge >= 0.3 is 0 Å². The molecule has 1 heterocycles. The summed E-state index contributed by atoms with van der Waals surface area (Å²) in [5.74, 6) is -0.487. The van der Waals surface area contributed by atoms with Crippen molar-refractivity contribution in [2.24, 2.45) is 5.73 Å². The SMILES string of the molecule is CCCCC(CCC)Nc1ccnc(C(N)=O)c1. The van der Waals surface area contributed by atoms with Crippen molar-refractivity contribution in [3.05, 3.63) is 24.0 Å². The fraction of sp³-hybridized carbons (Fsp3) is 0.571. The Bertz CT molecular complexity index is 379. The van der Waals surface area contributed by atoms with E-state index in [0.717, 1.165) is 24.9 Å². The number of aromatic nitrogens is 1. The maximum atomic E-state index is 11.1. The van der Waals surface area contributed by atoms with Crippen LogP contribution < -0.4 is 11.1 Å². The normalized spacial score (nSPS) is 12.1. The third kappa shape index (κ3) is 4.73. The molecule has 0 aliphatic heterocycles. The minimum Gasteiger partial charge on any atom is -0.382 e. The number of amides is 1. The summed E-state index contributed by atoms with van der Waals surface area (Å²) in [6.07, 6.45) is 7.46. The topological polar surface area (TPSA) is 68.0 Å².